The second kappa shape index (κ2) is 9.22. The van der Waals surface area contributed by atoms with Crippen molar-refractivity contribution in [2.24, 2.45) is 0 Å². The molecule has 0 unspecified atom stereocenters. The maximum absolute atomic E-state index is 13.7. The highest BCUT2D eigenvalue weighted by molar-refractivity contribution is 5.98. The number of carbonyl (C=O) groups excluding carboxylic acids is 1. The molecule has 194 valence electrons. The number of hydrogen-bond acceptors (Lipinski definition) is 9. The lowest BCUT2D eigenvalue weighted by atomic mass is 9.87. The Labute approximate surface area is 216 Å². The van der Waals surface area contributed by atoms with Gasteiger partial charge in [0.25, 0.3) is 5.91 Å². The molecule has 0 bridgehead atoms. The van der Waals surface area contributed by atoms with Gasteiger partial charge in [0.1, 0.15) is 11.3 Å². The van der Waals surface area contributed by atoms with Crippen LogP contribution in [-0.4, -0.2) is 40.1 Å². The number of fused-ring (bicyclic) bond motifs is 4. The van der Waals surface area contributed by atoms with Crippen LogP contribution in [0.15, 0.2) is 63.8 Å². The molecule has 0 saturated carbocycles. The summed E-state index contributed by atoms with van der Waals surface area (Å²) in [6.45, 7) is 0.111. The molecule has 2 aliphatic rings. The Morgan fingerprint density at radius 1 is 0.921 bits per heavy atom. The first kappa shape index (κ1) is 23.5. The van der Waals surface area contributed by atoms with Gasteiger partial charge < -0.3 is 38.2 Å². The molecule has 6 rings (SSSR count). The second-order valence-corrected chi connectivity index (χ2v) is 8.66. The van der Waals surface area contributed by atoms with Crippen LogP contribution in [0.1, 0.15) is 17.0 Å². The molecule has 3 aromatic carbocycles. The van der Waals surface area contributed by atoms with Crippen molar-refractivity contribution in [3.8, 4) is 34.5 Å². The monoisotopic (exact) mass is 517 g/mol. The van der Waals surface area contributed by atoms with E-state index in [2.05, 4.69) is 5.32 Å². The third-order valence-corrected chi connectivity index (χ3v) is 6.60. The number of benzene rings is 3. The van der Waals surface area contributed by atoms with E-state index >= 15 is 0 Å². The van der Waals surface area contributed by atoms with Crippen molar-refractivity contribution in [1.82, 2.24) is 0 Å². The molecule has 0 radical (unpaired) electrons. The molecule has 0 saturated heterocycles. The van der Waals surface area contributed by atoms with E-state index in [0.29, 0.717) is 56.7 Å². The van der Waals surface area contributed by atoms with E-state index in [-0.39, 0.29) is 12.4 Å². The average molecular weight is 517 g/mol. The number of hydrogen-bond donors (Lipinski definition) is 1. The molecule has 10 nitrogen and oxygen atoms in total. The quantitative estimate of drug-likeness (QED) is 0.378. The van der Waals surface area contributed by atoms with E-state index in [4.69, 9.17) is 32.8 Å². The van der Waals surface area contributed by atoms with Gasteiger partial charge in [-0.3, -0.25) is 4.79 Å². The number of nitrogens with one attached hydrogen (secondary N) is 1. The van der Waals surface area contributed by atoms with Gasteiger partial charge in [0.15, 0.2) is 29.1 Å². The van der Waals surface area contributed by atoms with Crippen LogP contribution in [0.4, 0.5) is 5.69 Å². The van der Waals surface area contributed by atoms with Crippen LogP contribution in [0, 0.1) is 0 Å². The summed E-state index contributed by atoms with van der Waals surface area (Å²) in [5, 5.41) is 3.46. The smallest absolute Gasteiger partial charge is 0.344 e. The van der Waals surface area contributed by atoms with Gasteiger partial charge in [0.05, 0.1) is 38.2 Å². The maximum Gasteiger partial charge on any atom is 0.344 e. The van der Waals surface area contributed by atoms with Crippen molar-refractivity contribution >= 4 is 22.6 Å². The summed E-state index contributed by atoms with van der Waals surface area (Å²) in [7, 11) is 4.48. The van der Waals surface area contributed by atoms with Crippen LogP contribution in [-0.2, 0) is 4.79 Å². The van der Waals surface area contributed by atoms with Crippen LogP contribution >= 0.6 is 0 Å². The topological polar surface area (TPSA) is 115 Å². The van der Waals surface area contributed by atoms with Crippen LogP contribution < -0.4 is 39.4 Å². The summed E-state index contributed by atoms with van der Waals surface area (Å²) < 4.78 is 39.2. The van der Waals surface area contributed by atoms with Gasteiger partial charge in [0, 0.05) is 11.8 Å². The molecule has 1 aromatic heterocycles. The van der Waals surface area contributed by atoms with Crippen molar-refractivity contribution in [3.63, 3.8) is 0 Å². The van der Waals surface area contributed by atoms with Crippen LogP contribution in [0.2, 0.25) is 0 Å². The minimum absolute atomic E-state index is 0.111. The molecule has 10 heteroatoms. The van der Waals surface area contributed by atoms with Crippen molar-refractivity contribution in [2.75, 3.05) is 33.4 Å². The zero-order valence-corrected chi connectivity index (χ0v) is 20.7. The Morgan fingerprint density at radius 3 is 2.39 bits per heavy atom. The lowest BCUT2D eigenvalue weighted by molar-refractivity contribution is -0.122. The fraction of sp³-hybridized carbons (Fsp3) is 0.214. The molecule has 1 amide bonds. The molecular weight excluding hydrogens is 494 g/mol. The molecule has 4 aromatic rings. The number of carbonyl (C=O) groups is 1. The Kier molecular flexibility index (Phi) is 5.71. The summed E-state index contributed by atoms with van der Waals surface area (Å²) in [6, 6.07) is 15.5. The minimum Gasteiger partial charge on any atom is -0.493 e. The van der Waals surface area contributed by atoms with Crippen LogP contribution in [0.3, 0.4) is 0 Å². The maximum atomic E-state index is 13.7. The summed E-state index contributed by atoms with van der Waals surface area (Å²) in [6.07, 6.45) is -1.12. The molecule has 3 heterocycles. The molecule has 2 atom stereocenters. The van der Waals surface area contributed by atoms with Crippen molar-refractivity contribution in [2.45, 2.75) is 12.0 Å². The SMILES string of the molecule is COc1cc([C@H]2c3c(c4ccccc4oc3=O)O[C@H]2C(=O)Nc2ccc3c(c2)OCO3)cc(OC)c1OC. The molecule has 0 aliphatic carbocycles. The first-order chi connectivity index (χ1) is 18.5. The minimum atomic E-state index is -1.12. The van der Waals surface area contributed by atoms with Crippen molar-refractivity contribution in [3.05, 3.63) is 76.1 Å². The average Bonchev–Trinajstić information content (AvgIpc) is 3.57. The number of rotatable bonds is 6. The Hall–Kier alpha value is -4.86. The van der Waals surface area contributed by atoms with Gasteiger partial charge in [-0.25, -0.2) is 4.79 Å². The Balaban J connectivity index is 1.49. The van der Waals surface area contributed by atoms with Gasteiger partial charge >= 0.3 is 5.63 Å². The number of amides is 1. The standard InChI is InChI=1S/C28H23NO9/c1-32-20-10-14(11-21(33-2)25(20)34-3)22-23-24(16-6-4-5-7-17(16)37-28(23)31)38-26(22)27(30)29-15-8-9-18-19(12-15)36-13-35-18/h4-12,22,26H,13H2,1-3H3,(H,29,30)/t22-,26+/m0/s1. The highest BCUT2D eigenvalue weighted by atomic mass is 16.7. The zero-order valence-electron chi connectivity index (χ0n) is 20.7. The van der Waals surface area contributed by atoms with E-state index in [1.807, 2.05) is 0 Å². The van der Waals surface area contributed by atoms with Crippen molar-refractivity contribution < 1.29 is 37.6 Å². The summed E-state index contributed by atoms with van der Waals surface area (Å²) in [4.78, 5) is 27.0. The fourth-order valence-corrected chi connectivity index (χ4v) is 4.89. The lowest BCUT2D eigenvalue weighted by Crippen LogP contribution is -2.35. The largest absolute Gasteiger partial charge is 0.493 e. The highest BCUT2D eigenvalue weighted by Crippen LogP contribution is 2.48. The summed E-state index contributed by atoms with van der Waals surface area (Å²) in [5.74, 6) is 1.21. The third-order valence-electron chi connectivity index (χ3n) is 6.60. The predicted molar refractivity (Wildman–Crippen MR) is 136 cm³/mol. The number of para-hydroxylation sites is 1. The van der Waals surface area contributed by atoms with E-state index < -0.39 is 23.6 Å². The van der Waals surface area contributed by atoms with E-state index in [1.54, 1.807) is 54.6 Å². The van der Waals surface area contributed by atoms with E-state index in [9.17, 15) is 9.59 Å². The molecule has 0 spiro atoms. The molecule has 1 N–H and O–H groups in total. The summed E-state index contributed by atoms with van der Waals surface area (Å²) >= 11 is 0. The van der Waals surface area contributed by atoms with Crippen molar-refractivity contribution in [1.29, 1.82) is 0 Å². The van der Waals surface area contributed by atoms with Gasteiger partial charge in [-0.1, -0.05) is 12.1 Å². The summed E-state index contributed by atoms with van der Waals surface area (Å²) in [5.41, 5.74) is 1.02. The van der Waals surface area contributed by atoms with Gasteiger partial charge in [-0.15, -0.1) is 0 Å². The van der Waals surface area contributed by atoms with Gasteiger partial charge in [-0.2, -0.15) is 0 Å². The number of ether oxygens (including phenoxy) is 6. The lowest BCUT2D eigenvalue weighted by Gasteiger charge is -2.21. The van der Waals surface area contributed by atoms with E-state index in [0.717, 1.165) is 0 Å². The van der Waals surface area contributed by atoms with Crippen LogP contribution in [0.5, 0.6) is 34.5 Å². The Bertz CT molecular complexity index is 1600. The normalized spacial score (nSPS) is 17.0. The predicted octanol–water partition coefficient (Wildman–Crippen LogP) is 4.08. The highest BCUT2D eigenvalue weighted by Gasteiger charge is 2.45. The van der Waals surface area contributed by atoms with E-state index in [1.165, 1.54) is 21.3 Å². The molecule has 0 fully saturated rings. The van der Waals surface area contributed by atoms with Gasteiger partial charge in [0.2, 0.25) is 12.5 Å². The van der Waals surface area contributed by atoms with Crippen LogP contribution in [0.25, 0.3) is 11.0 Å². The Morgan fingerprint density at radius 2 is 1.66 bits per heavy atom. The molecule has 2 aliphatic heterocycles. The number of anilines is 1. The first-order valence-electron chi connectivity index (χ1n) is 11.7. The second-order valence-electron chi connectivity index (χ2n) is 8.66. The van der Waals surface area contributed by atoms with Gasteiger partial charge in [-0.05, 0) is 42.0 Å². The fourth-order valence-electron chi connectivity index (χ4n) is 4.89. The number of methoxy groups -OCH3 is 3. The molecular formula is C28H23NO9. The first-order valence-corrected chi connectivity index (χ1v) is 11.7. The zero-order chi connectivity index (χ0) is 26.4. The molecule has 38 heavy (non-hydrogen) atoms. The third kappa shape index (κ3) is 3.73.